The predicted molar refractivity (Wildman–Crippen MR) is 89.5 cm³/mol. The van der Waals surface area contributed by atoms with Crippen molar-refractivity contribution in [3.8, 4) is 5.75 Å². The van der Waals surface area contributed by atoms with Gasteiger partial charge in [-0.1, -0.05) is 30.4 Å². The number of phenols is 1. The van der Waals surface area contributed by atoms with E-state index in [1.54, 1.807) is 12.1 Å². The molecule has 5 heteroatoms. The Morgan fingerprint density at radius 1 is 1.00 bits per heavy atom. The van der Waals surface area contributed by atoms with Crippen molar-refractivity contribution >= 4 is 23.5 Å². The third-order valence-electron chi connectivity index (χ3n) is 3.13. The van der Waals surface area contributed by atoms with Gasteiger partial charge >= 0.3 is 0 Å². The number of nitrogens with one attached hydrogen (secondary N) is 1. The summed E-state index contributed by atoms with van der Waals surface area (Å²) in [5.41, 5.74) is 6.13. The molecule has 0 heterocycles. The highest BCUT2D eigenvalue weighted by Crippen LogP contribution is 2.25. The van der Waals surface area contributed by atoms with E-state index in [1.807, 2.05) is 32.3 Å². The molecule has 5 nitrogen and oxygen atoms in total. The fourth-order valence-corrected chi connectivity index (χ4v) is 1.90. The number of phenolic OH excluding ortho intramolecular Hbond substituents is 1. The number of rotatable bonds is 6. The van der Waals surface area contributed by atoms with Crippen LogP contribution in [-0.4, -0.2) is 26.3 Å². The highest BCUT2D eigenvalue weighted by Gasteiger charge is 2.01. The van der Waals surface area contributed by atoms with Gasteiger partial charge < -0.3 is 10.0 Å². The fourth-order valence-electron chi connectivity index (χ4n) is 1.90. The first-order chi connectivity index (χ1) is 10.6. The Kier molecular flexibility index (Phi) is 5.41. The molecule has 0 fully saturated rings. The number of aromatic hydroxyl groups is 1. The van der Waals surface area contributed by atoms with Crippen molar-refractivity contribution in [3.05, 3.63) is 53.6 Å². The van der Waals surface area contributed by atoms with Crippen LogP contribution in [-0.2, 0) is 9.88 Å². The van der Waals surface area contributed by atoms with Crippen molar-refractivity contribution < 1.29 is 15.0 Å². The molecule has 0 saturated carbocycles. The molecule has 116 valence electrons. The molecule has 2 N–H and O–H groups in total. The van der Waals surface area contributed by atoms with Gasteiger partial charge in [0.2, 0.25) is 0 Å². The van der Waals surface area contributed by atoms with E-state index in [0.29, 0.717) is 5.69 Å². The molecular formula is C17H20N2O3. The molecule has 0 aliphatic rings. The zero-order valence-corrected chi connectivity index (χ0v) is 12.9. The van der Waals surface area contributed by atoms with Gasteiger partial charge in [0, 0.05) is 19.8 Å². The maximum absolute atomic E-state index is 9.70. The van der Waals surface area contributed by atoms with Crippen LogP contribution < -0.4 is 10.4 Å². The Morgan fingerprint density at radius 3 is 2.27 bits per heavy atom. The molecule has 2 aromatic rings. The first-order valence-electron chi connectivity index (χ1n) is 6.84. The zero-order chi connectivity index (χ0) is 15.9. The molecule has 0 spiro atoms. The van der Waals surface area contributed by atoms with Crippen molar-refractivity contribution in [2.24, 2.45) is 0 Å². The minimum atomic E-state index is 0.0875. The van der Waals surface area contributed by atoms with Crippen LogP contribution >= 0.6 is 0 Å². The quantitative estimate of drug-likeness (QED) is 0.370. The molecular weight excluding hydrogens is 280 g/mol. The lowest BCUT2D eigenvalue weighted by molar-refractivity contribution is -0.248. The largest absolute Gasteiger partial charge is 0.506 e. The smallest absolute Gasteiger partial charge is 0.141 e. The molecule has 0 aliphatic heterocycles. The van der Waals surface area contributed by atoms with Crippen molar-refractivity contribution in [1.82, 2.24) is 0 Å². The van der Waals surface area contributed by atoms with Gasteiger partial charge in [-0.2, -0.15) is 0 Å². The van der Waals surface area contributed by atoms with Crippen molar-refractivity contribution in [2.75, 3.05) is 31.6 Å². The highest BCUT2D eigenvalue weighted by molar-refractivity contribution is 5.73. The molecule has 0 amide bonds. The van der Waals surface area contributed by atoms with Gasteiger partial charge in [0.15, 0.2) is 0 Å². The Balaban J connectivity index is 2.12. The lowest BCUT2D eigenvalue weighted by Gasteiger charge is -2.11. The molecule has 0 unspecified atom stereocenters. The van der Waals surface area contributed by atoms with Gasteiger partial charge in [-0.25, -0.2) is 10.4 Å². The number of hydrogen-bond donors (Lipinski definition) is 2. The Labute approximate surface area is 130 Å². The van der Waals surface area contributed by atoms with Gasteiger partial charge in [-0.3, -0.25) is 0 Å². The Bertz CT molecular complexity index is 637. The van der Waals surface area contributed by atoms with E-state index in [0.717, 1.165) is 16.8 Å². The van der Waals surface area contributed by atoms with Gasteiger partial charge in [0.25, 0.3) is 0 Å². The van der Waals surface area contributed by atoms with Crippen LogP contribution in [0.4, 0.5) is 11.4 Å². The normalized spacial score (nSPS) is 10.9. The van der Waals surface area contributed by atoms with Crippen LogP contribution in [0, 0.1) is 0 Å². The maximum Gasteiger partial charge on any atom is 0.141 e. The minimum absolute atomic E-state index is 0.0875. The van der Waals surface area contributed by atoms with E-state index in [1.165, 1.54) is 7.11 Å². The first-order valence-corrected chi connectivity index (χ1v) is 6.84. The summed E-state index contributed by atoms with van der Waals surface area (Å²) < 4.78 is 0. The van der Waals surface area contributed by atoms with E-state index in [4.69, 9.17) is 0 Å². The van der Waals surface area contributed by atoms with Gasteiger partial charge in [0.1, 0.15) is 11.4 Å². The number of nitrogens with zero attached hydrogens (tertiary/aromatic N) is 1. The molecule has 2 rings (SSSR count). The van der Waals surface area contributed by atoms with Gasteiger partial charge in [-0.15, -0.1) is 4.99 Å². The number of anilines is 2. The summed E-state index contributed by atoms with van der Waals surface area (Å²) >= 11 is 0. The summed E-state index contributed by atoms with van der Waals surface area (Å²) in [6, 6.07) is 13.4. The number of benzene rings is 2. The summed E-state index contributed by atoms with van der Waals surface area (Å²) in [7, 11) is 5.40. The van der Waals surface area contributed by atoms with Crippen molar-refractivity contribution in [2.45, 2.75) is 0 Å². The summed E-state index contributed by atoms with van der Waals surface area (Å²) in [5.74, 6) is 0.0875. The van der Waals surface area contributed by atoms with E-state index in [2.05, 4.69) is 44.5 Å². The van der Waals surface area contributed by atoms with E-state index < -0.39 is 0 Å². The van der Waals surface area contributed by atoms with E-state index >= 15 is 0 Å². The predicted octanol–water partition coefficient (Wildman–Crippen LogP) is 3.53. The van der Waals surface area contributed by atoms with Crippen molar-refractivity contribution in [3.63, 3.8) is 0 Å². The standard InChI is InChI=1S/C17H20N2O3/c1-19(2)15-9-6-13(7-10-15)4-5-14-8-11-17(20)16(12-14)18-22-21-3/h4-12,18,20H,1-3H3/b5-4+. The topological polar surface area (TPSA) is 54.0 Å². The van der Waals surface area contributed by atoms with Crippen LogP contribution in [0.25, 0.3) is 12.2 Å². The summed E-state index contributed by atoms with van der Waals surface area (Å²) in [5, 5.41) is 9.70. The maximum atomic E-state index is 9.70. The molecule has 22 heavy (non-hydrogen) atoms. The van der Waals surface area contributed by atoms with E-state index in [9.17, 15) is 5.11 Å². The second-order valence-corrected chi connectivity index (χ2v) is 4.95. The average molecular weight is 300 g/mol. The Hall–Kier alpha value is -2.50. The summed E-state index contributed by atoms with van der Waals surface area (Å²) in [6.07, 6.45) is 3.97. The van der Waals surface area contributed by atoms with Crippen LogP contribution in [0.5, 0.6) is 5.75 Å². The lowest BCUT2D eigenvalue weighted by Crippen LogP contribution is -2.07. The molecule has 0 aromatic heterocycles. The number of hydrogen-bond acceptors (Lipinski definition) is 5. The van der Waals surface area contributed by atoms with Gasteiger partial charge in [0.05, 0.1) is 7.11 Å². The molecule has 0 aliphatic carbocycles. The average Bonchev–Trinajstić information content (AvgIpc) is 2.53. The second kappa shape index (κ2) is 7.49. The molecule has 0 atom stereocenters. The summed E-state index contributed by atoms with van der Waals surface area (Å²) in [4.78, 5) is 11.1. The van der Waals surface area contributed by atoms with Crippen LogP contribution in [0.1, 0.15) is 11.1 Å². The Morgan fingerprint density at radius 2 is 1.64 bits per heavy atom. The molecule has 0 radical (unpaired) electrons. The third kappa shape index (κ3) is 4.25. The van der Waals surface area contributed by atoms with Gasteiger partial charge in [-0.05, 0) is 35.4 Å². The third-order valence-corrected chi connectivity index (χ3v) is 3.13. The minimum Gasteiger partial charge on any atom is -0.506 e. The molecule has 0 saturated heterocycles. The second-order valence-electron chi connectivity index (χ2n) is 4.95. The summed E-state index contributed by atoms with van der Waals surface area (Å²) in [6.45, 7) is 0. The SMILES string of the molecule is COONc1cc(/C=C/c2ccc(N(C)C)cc2)ccc1O. The molecule has 0 bridgehead atoms. The zero-order valence-electron chi connectivity index (χ0n) is 12.9. The van der Waals surface area contributed by atoms with Crippen LogP contribution in [0.15, 0.2) is 42.5 Å². The lowest BCUT2D eigenvalue weighted by atomic mass is 10.1. The fraction of sp³-hybridized carbons (Fsp3) is 0.176. The highest BCUT2D eigenvalue weighted by atomic mass is 17.3. The van der Waals surface area contributed by atoms with Crippen molar-refractivity contribution in [1.29, 1.82) is 0 Å². The molecule has 2 aromatic carbocycles. The van der Waals surface area contributed by atoms with Crippen LogP contribution in [0.3, 0.4) is 0 Å². The monoisotopic (exact) mass is 300 g/mol. The van der Waals surface area contributed by atoms with Crippen LogP contribution in [0.2, 0.25) is 0 Å². The first kappa shape index (κ1) is 15.9. The van der Waals surface area contributed by atoms with E-state index in [-0.39, 0.29) is 5.75 Å².